The summed E-state index contributed by atoms with van der Waals surface area (Å²) in [5.74, 6) is 2.04. The van der Waals surface area contributed by atoms with Crippen molar-refractivity contribution in [2.45, 2.75) is 31.3 Å². The number of carbonyl (C=O) groups is 2. The Labute approximate surface area is 261 Å². The van der Waals surface area contributed by atoms with Crippen molar-refractivity contribution < 1.29 is 14.3 Å². The van der Waals surface area contributed by atoms with Crippen LogP contribution in [0.5, 0.6) is 0 Å². The van der Waals surface area contributed by atoms with E-state index >= 15 is 0 Å². The quantitative estimate of drug-likeness (QED) is 0.254. The Morgan fingerprint density at radius 3 is 2.56 bits per heavy atom. The summed E-state index contributed by atoms with van der Waals surface area (Å²) in [6, 6.07) is 3.65. The molecule has 3 amide bonds. The molecule has 0 atom stereocenters. The number of nitrogens with zero attached hydrogens (tertiary/aromatic N) is 8. The number of anilines is 4. The first kappa shape index (κ1) is 29.2. The molecular formula is C30H40N12O3. The average Bonchev–Trinajstić information content (AvgIpc) is 3.45. The Balaban J connectivity index is 0.856. The fraction of sp³-hybridized carbons (Fsp3) is 0.533. The van der Waals surface area contributed by atoms with E-state index < -0.39 is 0 Å². The van der Waals surface area contributed by atoms with Gasteiger partial charge in [-0.3, -0.25) is 15.0 Å². The second-order valence-corrected chi connectivity index (χ2v) is 12.0. The molecule has 7 rings (SSSR count). The fourth-order valence-corrected chi connectivity index (χ4v) is 6.12. The number of fused-ring (bicyclic) bond motifs is 1. The Hall–Kier alpha value is -4.50. The molecular weight excluding hydrogens is 576 g/mol. The average molecular weight is 617 g/mol. The number of aromatic amines is 1. The number of ether oxygens (including phenoxy) is 1. The molecule has 0 spiro atoms. The van der Waals surface area contributed by atoms with Gasteiger partial charge in [-0.1, -0.05) is 6.08 Å². The third-order valence-corrected chi connectivity index (χ3v) is 8.85. The molecule has 0 bridgehead atoms. The Bertz CT molecular complexity index is 1520. The maximum absolute atomic E-state index is 12.8. The van der Waals surface area contributed by atoms with Crippen LogP contribution < -0.4 is 30.7 Å². The number of aromatic nitrogens is 5. The van der Waals surface area contributed by atoms with E-state index in [9.17, 15) is 9.59 Å². The Morgan fingerprint density at radius 2 is 1.78 bits per heavy atom. The van der Waals surface area contributed by atoms with Crippen molar-refractivity contribution in [3.63, 3.8) is 0 Å². The van der Waals surface area contributed by atoms with Crippen LogP contribution in [0.25, 0.3) is 11.2 Å². The predicted molar refractivity (Wildman–Crippen MR) is 171 cm³/mol. The lowest BCUT2D eigenvalue weighted by Crippen LogP contribution is -2.59. The van der Waals surface area contributed by atoms with Crippen molar-refractivity contribution in [3.05, 3.63) is 36.8 Å². The van der Waals surface area contributed by atoms with E-state index in [0.717, 1.165) is 87.3 Å². The smallest absolute Gasteiger partial charge is 0.320 e. The Kier molecular flexibility index (Phi) is 8.60. The molecule has 15 heteroatoms. The highest BCUT2D eigenvalue weighted by Gasteiger charge is 2.29. The van der Waals surface area contributed by atoms with Crippen LogP contribution in [0.2, 0.25) is 0 Å². The lowest BCUT2D eigenvalue weighted by molar-refractivity contribution is -0.117. The van der Waals surface area contributed by atoms with Crippen LogP contribution in [0.4, 0.5) is 28.1 Å². The third-order valence-electron chi connectivity index (χ3n) is 8.85. The lowest BCUT2D eigenvalue weighted by atomic mass is 10.1. The zero-order valence-electron chi connectivity index (χ0n) is 25.3. The molecule has 4 N–H and O–H groups in total. The number of H-pyrrole nitrogens is 1. The zero-order chi connectivity index (χ0) is 30.6. The monoisotopic (exact) mass is 616 g/mol. The summed E-state index contributed by atoms with van der Waals surface area (Å²) in [7, 11) is 0. The van der Waals surface area contributed by atoms with E-state index in [4.69, 9.17) is 9.72 Å². The number of carbonyl (C=O) groups excluding carboxylic acids is 2. The van der Waals surface area contributed by atoms with E-state index in [-0.39, 0.29) is 24.0 Å². The van der Waals surface area contributed by atoms with Crippen molar-refractivity contribution >= 4 is 46.4 Å². The van der Waals surface area contributed by atoms with Crippen LogP contribution in [0.3, 0.4) is 0 Å². The van der Waals surface area contributed by atoms with Crippen molar-refractivity contribution in [2.24, 2.45) is 0 Å². The summed E-state index contributed by atoms with van der Waals surface area (Å²) >= 11 is 0. The van der Waals surface area contributed by atoms with Crippen molar-refractivity contribution in [1.82, 2.24) is 40.5 Å². The molecule has 7 heterocycles. The minimum atomic E-state index is -0.272. The van der Waals surface area contributed by atoms with Crippen molar-refractivity contribution in [2.75, 3.05) is 92.1 Å². The van der Waals surface area contributed by atoms with Gasteiger partial charge < -0.3 is 35.1 Å². The van der Waals surface area contributed by atoms with Crippen LogP contribution in [0.15, 0.2) is 36.8 Å². The van der Waals surface area contributed by atoms with Gasteiger partial charge in [0, 0.05) is 75.9 Å². The molecule has 0 radical (unpaired) electrons. The summed E-state index contributed by atoms with van der Waals surface area (Å²) in [4.78, 5) is 55.3. The number of imidazole rings is 1. The first-order chi connectivity index (χ1) is 22.1. The van der Waals surface area contributed by atoms with Crippen LogP contribution >= 0.6 is 0 Å². The molecule has 45 heavy (non-hydrogen) atoms. The molecule has 0 aliphatic carbocycles. The number of piperidine rings is 1. The van der Waals surface area contributed by atoms with Crippen LogP contribution in [0.1, 0.15) is 19.3 Å². The molecule has 15 nitrogen and oxygen atoms in total. The molecule has 238 valence electrons. The minimum Gasteiger partial charge on any atom is -0.378 e. The number of pyridine rings is 1. The molecule has 4 aliphatic rings. The second-order valence-electron chi connectivity index (χ2n) is 12.0. The topological polar surface area (TPSA) is 160 Å². The molecule has 4 fully saturated rings. The number of hydrogen-bond donors (Lipinski definition) is 4. The van der Waals surface area contributed by atoms with Gasteiger partial charge in [-0.15, -0.1) is 0 Å². The summed E-state index contributed by atoms with van der Waals surface area (Å²) < 4.78 is 5.48. The maximum atomic E-state index is 12.8. The first-order valence-electron chi connectivity index (χ1n) is 15.8. The molecule has 3 aromatic heterocycles. The summed E-state index contributed by atoms with van der Waals surface area (Å²) in [5.41, 5.74) is 2.45. The summed E-state index contributed by atoms with van der Waals surface area (Å²) in [6.07, 6.45) is 9.64. The van der Waals surface area contributed by atoms with Gasteiger partial charge in [0.05, 0.1) is 19.3 Å². The molecule has 4 saturated heterocycles. The zero-order valence-corrected chi connectivity index (χ0v) is 25.3. The normalized spacial score (nSPS) is 19.9. The van der Waals surface area contributed by atoms with Crippen LogP contribution in [-0.2, 0) is 9.53 Å². The van der Waals surface area contributed by atoms with Gasteiger partial charge in [0.2, 0.25) is 11.9 Å². The second kappa shape index (κ2) is 13.2. The number of morpholine rings is 1. The van der Waals surface area contributed by atoms with Crippen molar-refractivity contribution in [1.29, 1.82) is 0 Å². The molecule has 0 saturated carbocycles. The van der Waals surface area contributed by atoms with Gasteiger partial charge in [-0.25, -0.2) is 24.7 Å². The number of amides is 3. The van der Waals surface area contributed by atoms with Gasteiger partial charge in [0.25, 0.3) is 0 Å². The highest BCUT2D eigenvalue weighted by Crippen LogP contribution is 2.26. The standard InChI is InChI=1S/C30H40N12O3/c43-25(3-1-8-39-9-2-10-39)34-22-18-42(19-22)23-4-7-31-24(17-23)36-30(44)35-21-5-11-41(12-6-21)29-37-26-27(38-29)32-20-33-28(26)40-13-15-45-16-14-40/h1,3-4,7,17,20-22H,2,5-6,8-16,18-19H2,(H,34,43)(H2,31,35,36,44)(H,32,33,37,38)/b3-1+. The van der Waals surface area contributed by atoms with E-state index in [2.05, 4.69) is 55.5 Å². The van der Waals surface area contributed by atoms with E-state index in [1.54, 1.807) is 18.6 Å². The van der Waals surface area contributed by atoms with E-state index in [0.29, 0.717) is 32.1 Å². The summed E-state index contributed by atoms with van der Waals surface area (Å²) in [6.45, 7) is 8.91. The maximum Gasteiger partial charge on any atom is 0.320 e. The summed E-state index contributed by atoms with van der Waals surface area (Å²) in [5, 5.41) is 9.03. The highest BCUT2D eigenvalue weighted by molar-refractivity contribution is 5.89. The van der Waals surface area contributed by atoms with Gasteiger partial charge >= 0.3 is 6.03 Å². The molecule has 4 aliphatic heterocycles. The van der Waals surface area contributed by atoms with Gasteiger partial charge in [0.15, 0.2) is 17.0 Å². The van der Waals surface area contributed by atoms with Crippen LogP contribution in [0, 0.1) is 0 Å². The van der Waals surface area contributed by atoms with Gasteiger partial charge in [-0.2, -0.15) is 0 Å². The molecule has 3 aromatic rings. The number of hydrogen-bond acceptors (Lipinski definition) is 11. The van der Waals surface area contributed by atoms with E-state index in [1.165, 1.54) is 6.42 Å². The van der Waals surface area contributed by atoms with E-state index in [1.807, 2.05) is 18.2 Å². The third kappa shape index (κ3) is 6.93. The Morgan fingerprint density at radius 1 is 0.956 bits per heavy atom. The first-order valence-corrected chi connectivity index (χ1v) is 15.8. The highest BCUT2D eigenvalue weighted by atomic mass is 16.5. The predicted octanol–water partition coefficient (Wildman–Crippen LogP) is 0.942. The fourth-order valence-electron chi connectivity index (χ4n) is 6.12. The van der Waals surface area contributed by atoms with Gasteiger partial charge in [0.1, 0.15) is 12.1 Å². The SMILES string of the molecule is O=C(/C=C/CN1CCC1)NC1CN(c2ccnc(NC(=O)NC3CCN(c4nc5c(N6CCOCC6)ncnc5[nH]4)CC3)c2)C1. The number of rotatable bonds is 9. The van der Waals surface area contributed by atoms with Gasteiger partial charge in [-0.05, 0) is 38.4 Å². The molecule has 0 aromatic carbocycles. The number of urea groups is 1. The number of nitrogens with one attached hydrogen (secondary N) is 4. The van der Waals surface area contributed by atoms with Crippen LogP contribution in [-0.4, -0.2) is 126 Å². The largest absolute Gasteiger partial charge is 0.378 e. The lowest BCUT2D eigenvalue weighted by Gasteiger charge is -2.41. The molecule has 0 unspecified atom stereocenters. The minimum absolute atomic E-state index is 0.0391. The number of likely N-dealkylation sites (tertiary alicyclic amines) is 1. The van der Waals surface area contributed by atoms with Crippen molar-refractivity contribution in [3.8, 4) is 0 Å².